The van der Waals surface area contributed by atoms with Gasteiger partial charge in [-0.3, -0.25) is 10.5 Å². The zero-order valence-corrected chi connectivity index (χ0v) is 8.73. The number of nitrogens with one attached hydrogen (secondary N) is 1. The Morgan fingerprint density at radius 3 is 3.00 bits per heavy atom. The number of nitrogens with two attached hydrogens (primary N) is 1. The van der Waals surface area contributed by atoms with Crippen molar-refractivity contribution in [2.75, 3.05) is 13.2 Å². The molecule has 1 unspecified atom stereocenters. The first kappa shape index (κ1) is 11.2. The molecule has 1 rings (SSSR count). The number of nitrogens with zero attached hydrogens (tertiary/aromatic N) is 2. The predicted octanol–water partition coefficient (Wildman–Crippen LogP) is 0.444. The molecule has 0 spiro atoms. The van der Waals surface area contributed by atoms with Crippen molar-refractivity contribution in [2.45, 2.75) is 26.4 Å². The largest absolute Gasteiger partial charge is 0.380 e. The molecule has 0 amide bonds. The summed E-state index contributed by atoms with van der Waals surface area (Å²) >= 11 is 0. The number of hydrogen-bond donors (Lipinski definition) is 2. The third-order valence-corrected chi connectivity index (χ3v) is 2.10. The lowest BCUT2D eigenvalue weighted by Crippen LogP contribution is -2.33. The minimum Gasteiger partial charge on any atom is -0.380 e. The molecule has 80 valence electrons. The summed E-state index contributed by atoms with van der Waals surface area (Å²) in [6.45, 7) is 6.11. The van der Waals surface area contributed by atoms with E-state index >= 15 is 0 Å². The normalized spacial score (nSPS) is 13.1. The van der Waals surface area contributed by atoms with Crippen LogP contribution in [-0.4, -0.2) is 23.0 Å². The Morgan fingerprint density at radius 2 is 2.43 bits per heavy atom. The summed E-state index contributed by atoms with van der Waals surface area (Å²) in [5.41, 5.74) is 3.79. The number of aryl methyl sites for hydroxylation is 1. The molecule has 3 N–H and O–H groups in total. The van der Waals surface area contributed by atoms with Crippen LogP contribution in [0.15, 0.2) is 12.3 Å². The molecule has 1 aromatic heterocycles. The molecule has 1 heterocycles. The molecule has 14 heavy (non-hydrogen) atoms. The van der Waals surface area contributed by atoms with Gasteiger partial charge in [0.05, 0.1) is 18.3 Å². The number of aromatic nitrogens is 2. The summed E-state index contributed by atoms with van der Waals surface area (Å²) < 4.78 is 7.23. The van der Waals surface area contributed by atoms with Crippen LogP contribution in [0.2, 0.25) is 0 Å². The van der Waals surface area contributed by atoms with E-state index in [1.54, 1.807) is 6.20 Å². The summed E-state index contributed by atoms with van der Waals surface area (Å²) in [5, 5.41) is 4.18. The molecule has 0 aliphatic carbocycles. The Balaban J connectivity index is 2.67. The van der Waals surface area contributed by atoms with E-state index in [0.29, 0.717) is 13.2 Å². The van der Waals surface area contributed by atoms with Crippen LogP contribution in [0.3, 0.4) is 0 Å². The fraction of sp³-hybridized carbons (Fsp3) is 0.667. The molecule has 0 saturated carbocycles. The van der Waals surface area contributed by atoms with Crippen molar-refractivity contribution in [3.63, 3.8) is 0 Å². The van der Waals surface area contributed by atoms with Crippen LogP contribution in [0.25, 0.3) is 0 Å². The smallest absolute Gasteiger partial charge is 0.0862 e. The number of hydrazine groups is 1. The monoisotopic (exact) mass is 198 g/mol. The second-order valence-electron chi connectivity index (χ2n) is 2.95. The zero-order chi connectivity index (χ0) is 10.4. The second kappa shape index (κ2) is 5.74. The second-order valence-corrected chi connectivity index (χ2v) is 2.95. The average Bonchev–Trinajstić information content (AvgIpc) is 2.67. The van der Waals surface area contributed by atoms with Gasteiger partial charge in [-0.05, 0) is 19.9 Å². The van der Waals surface area contributed by atoms with Crippen LogP contribution in [0.5, 0.6) is 0 Å². The highest BCUT2D eigenvalue weighted by molar-refractivity contribution is 5.06. The summed E-state index contributed by atoms with van der Waals surface area (Å²) in [6, 6.07) is 1.96. The Morgan fingerprint density at radius 1 is 1.64 bits per heavy atom. The molecule has 1 atom stereocenters. The first-order chi connectivity index (χ1) is 6.83. The Bertz CT molecular complexity index is 261. The van der Waals surface area contributed by atoms with Crippen LogP contribution in [0.4, 0.5) is 0 Å². The quantitative estimate of drug-likeness (QED) is 0.514. The molecule has 5 nitrogen and oxygen atoms in total. The lowest BCUT2D eigenvalue weighted by Gasteiger charge is -2.16. The minimum atomic E-state index is 0.0115. The maximum Gasteiger partial charge on any atom is 0.0862 e. The molecular weight excluding hydrogens is 180 g/mol. The first-order valence-corrected chi connectivity index (χ1v) is 4.89. The molecule has 0 saturated heterocycles. The van der Waals surface area contributed by atoms with Crippen LogP contribution in [0.1, 0.15) is 25.6 Å². The van der Waals surface area contributed by atoms with Gasteiger partial charge in [0.25, 0.3) is 0 Å². The van der Waals surface area contributed by atoms with Crippen molar-refractivity contribution < 1.29 is 4.74 Å². The van der Waals surface area contributed by atoms with Crippen LogP contribution in [-0.2, 0) is 11.3 Å². The van der Waals surface area contributed by atoms with Gasteiger partial charge in [-0.15, -0.1) is 0 Å². The maximum absolute atomic E-state index is 5.46. The molecule has 0 radical (unpaired) electrons. The van der Waals surface area contributed by atoms with E-state index in [0.717, 1.165) is 12.2 Å². The molecule has 0 aliphatic rings. The van der Waals surface area contributed by atoms with E-state index in [-0.39, 0.29) is 6.04 Å². The fourth-order valence-corrected chi connectivity index (χ4v) is 1.36. The molecule has 5 heteroatoms. The summed E-state index contributed by atoms with van der Waals surface area (Å²) in [7, 11) is 0. The summed E-state index contributed by atoms with van der Waals surface area (Å²) in [6.07, 6.45) is 1.77. The van der Waals surface area contributed by atoms with Gasteiger partial charge >= 0.3 is 0 Å². The van der Waals surface area contributed by atoms with Crippen LogP contribution < -0.4 is 11.3 Å². The number of hydrogen-bond acceptors (Lipinski definition) is 4. The Kier molecular flexibility index (Phi) is 4.58. The van der Waals surface area contributed by atoms with Crippen molar-refractivity contribution in [3.8, 4) is 0 Å². The highest BCUT2D eigenvalue weighted by Crippen LogP contribution is 2.11. The minimum absolute atomic E-state index is 0.0115. The van der Waals surface area contributed by atoms with Crippen molar-refractivity contribution in [2.24, 2.45) is 5.84 Å². The van der Waals surface area contributed by atoms with E-state index in [1.807, 2.05) is 24.6 Å². The van der Waals surface area contributed by atoms with Crippen molar-refractivity contribution >= 4 is 0 Å². The van der Waals surface area contributed by atoms with Gasteiger partial charge in [-0.25, -0.2) is 5.43 Å². The lowest BCUT2D eigenvalue weighted by molar-refractivity contribution is 0.120. The van der Waals surface area contributed by atoms with E-state index < -0.39 is 0 Å². The van der Waals surface area contributed by atoms with Gasteiger partial charge in [0.15, 0.2) is 0 Å². The Labute approximate surface area is 84.2 Å². The van der Waals surface area contributed by atoms with E-state index in [4.69, 9.17) is 10.6 Å². The SMILES string of the molecule is CCOCC(NN)c1ccnn1CC. The predicted molar refractivity (Wildman–Crippen MR) is 54.5 cm³/mol. The first-order valence-electron chi connectivity index (χ1n) is 4.89. The average molecular weight is 198 g/mol. The van der Waals surface area contributed by atoms with Crippen molar-refractivity contribution in [1.29, 1.82) is 0 Å². The van der Waals surface area contributed by atoms with Crippen LogP contribution in [0, 0.1) is 0 Å². The topological polar surface area (TPSA) is 65.1 Å². The highest BCUT2D eigenvalue weighted by Gasteiger charge is 2.13. The molecular formula is C9H18N4O. The van der Waals surface area contributed by atoms with Gasteiger partial charge in [0, 0.05) is 19.3 Å². The molecule has 0 fully saturated rings. The van der Waals surface area contributed by atoms with E-state index in [9.17, 15) is 0 Å². The van der Waals surface area contributed by atoms with Gasteiger partial charge in [-0.1, -0.05) is 0 Å². The van der Waals surface area contributed by atoms with E-state index in [2.05, 4.69) is 10.5 Å². The number of rotatable bonds is 6. The van der Waals surface area contributed by atoms with Gasteiger partial charge < -0.3 is 4.74 Å². The van der Waals surface area contributed by atoms with Gasteiger partial charge in [-0.2, -0.15) is 5.10 Å². The van der Waals surface area contributed by atoms with E-state index in [1.165, 1.54) is 0 Å². The van der Waals surface area contributed by atoms with Gasteiger partial charge in [0.1, 0.15) is 0 Å². The van der Waals surface area contributed by atoms with Crippen molar-refractivity contribution in [3.05, 3.63) is 18.0 Å². The van der Waals surface area contributed by atoms with Gasteiger partial charge in [0.2, 0.25) is 0 Å². The fourth-order valence-electron chi connectivity index (χ4n) is 1.36. The van der Waals surface area contributed by atoms with Crippen molar-refractivity contribution in [1.82, 2.24) is 15.2 Å². The standard InChI is InChI=1S/C9H18N4O/c1-3-13-9(5-6-11-13)8(12-10)7-14-4-2/h5-6,8,12H,3-4,7,10H2,1-2H3. The zero-order valence-electron chi connectivity index (χ0n) is 8.73. The summed E-state index contributed by atoms with van der Waals surface area (Å²) in [4.78, 5) is 0. The maximum atomic E-state index is 5.46. The molecule has 1 aromatic rings. The molecule has 0 aromatic carbocycles. The Hall–Kier alpha value is -0.910. The third-order valence-electron chi connectivity index (χ3n) is 2.10. The third kappa shape index (κ3) is 2.54. The lowest BCUT2D eigenvalue weighted by atomic mass is 10.2. The summed E-state index contributed by atoms with van der Waals surface area (Å²) in [5.74, 6) is 5.46. The van der Waals surface area contributed by atoms with Crippen LogP contribution >= 0.6 is 0 Å². The highest BCUT2D eigenvalue weighted by atomic mass is 16.5. The number of ether oxygens (including phenoxy) is 1. The molecule has 0 bridgehead atoms. The molecule has 0 aliphatic heterocycles.